The van der Waals surface area contributed by atoms with Gasteiger partial charge in [-0.3, -0.25) is 0 Å². The smallest absolute Gasteiger partial charge is 0.0285 e. The third-order valence-corrected chi connectivity index (χ3v) is 1.57. The van der Waals surface area contributed by atoms with Gasteiger partial charge in [-0.2, -0.15) is 0 Å². The normalized spacial score (nSPS) is 9.15. The average molecular weight is 180 g/mol. The molecule has 0 saturated heterocycles. The monoisotopic (exact) mass is 180 g/mol. The molecule has 76 valence electrons. The minimum absolute atomic E-state index is 1.12. The Kier molecular flexibility index (Phi) is 15.6. The SMILES string of the molecule is C=C/C=C\C(=C)CCCCC.CC. The van der Waals surface area contributed by atoms with E-state index in [1.807, 2.05) is 26.0 Å². The van der Waals surface area contributed by atoms with Crippen LogP contribution >= 0.6 is 0 Å². The summed E-state index contributed by atoms with van der Waals surface area (Å²) in [7, 11) is 0. The Morgan fingerprint density at radius 1 is 1.23 bits per heavy atom. The quantitative estimate of drug-likeness (QED) is 0.403. The van der Waals surface area contributed by atoms with Crippen molar-refractivity contribution in [2.45, 2.75) is 46.5 Å². The number of hydrogen-bond donors (Lipinski definition) is 0. The molecule has 0 amide bonds. The fraction of sp³-hybridized carbons (Fsp3) is 0.538. The molecule has 0 aliphatic carbocycles. The molecular formula is C13H24. The van der Waals surface area contributed by atoms with Crippen molar-refractivity contribution >= 4 is 0 Å². The molecular weight excluding hydrogens is 156 g/mol. The van der Waals surface area contributed by atoms with E-state index in [2.05, 4.69) is 20.1 Å². The zero-order valence-electron chi connectivity index (χ0n) is 9.47. The summed E-state index contributed by atoms with van der Waals surface area (Å²) < 4.78 is 0. The van der Waals surface area contributed by atoms with Gasteiger partial charge in [-0.15, -0.1) is 0 Å². The Morgan fingerprint density at radius 3 is 2.31 bits per heavy atom. The summed E-state index contributed by atoms with van der Waals surface area (Å²) in [5.74, 6) is 0. The average Bonchev–Trinajstić information content (AvgIpc) is 2.18. The minimum Gasteiger partial charge on any atom is -0.0991 e. The number of hydrogen-bond acceptors (Lipinski definition) is 0. The summed E-state index contributed by atoms with van der Waals surface area (Å²) >= 11 is 0. The lowest BCUT2D eigenvalue weighted by Crippen LogP contribution is -1.77. The number of allylic oxidation sites excluding steroid dienone is 4. The molecule has 0 radical (unpaired) electrons. The highest BCUT2D eigenvalue weighted by Gasteiger charge is 1.87. The highest BCUT2D eigenvalue weighted by molar-refractivity contribution is 5.17. The van der Waals surface area contributed by atoms with Gasteiger partial charge in [0, 0.05) is 0 Å². The first-order valence-corrected chi connectivity index (χ1v) is 5.28. The molecule has 13 heavy (non-hydrogen) atoms. The van der Waals surface area contributed by atoms with Crippen molar-refractivity contribution in [1.82, 2.24) is 0 Å². The van der Waals surface area contributed by atoms with Crippen LogP contribution in [0.5, 0.6) is 0 Å². The van der Waals surface area contributed by atoms with Crippen molar-refractivity contribution in [3.8, 4) is 0 Å². The van der Waals surface area contributed by atoms with Crippen LogP contribution in [-0.2, 0) is 0 Å². The second kappa shape index (κ2) is 13.8. The molecule has 0 unspecified atom stereocenters. The van der Waals surface area contributed by atoms with Gasteiger partial charge in [0.1, 0.15) is 0 Å². The van der Waals surface area contributed by atoms with Crippen molar-refractivity contribution in [2.75, 3.05) is 0 Å². The first kappa shape index (κ1) is 14.7. The molecule has 0 spiro atoms. The fourth-order valence-electron chi connectivity index (χ4n) is 0.890. The van der Waals surface area contributed by atoms with Gasteiger partial charge in [0.2, 0.25) is 0 Å². The van der Waals surface area contributed by atoms with Gasteiger partial charge in [-0.25, -0.2) is 0 Å². The second-order valence-electron chi connectivity index (χ2n) is 2.71. The van der Waals surface area contributed by atoms with E-state index < -0.39 is 0 Å². The van der Waals surface area contributed by atoms with Crippen molar-refractivity contribution < 1.29 is 0 Å². The van der Waals surface area contributed by atoms with Crippen LogP contribution in [0.1, 0.15) is 46.5 Å². The zero-order valence-corrected chi connectivity index (χ0v) is 9.47. The Labute approximate surface area is 84.1 Å². The Bertz CT molecular complexity index is 140. The van der Waals surface area contributed by atoms with Crippen molar-refractivity contribution in [3.05, 3.63) is 37.0 Å². The largest absolute Gasteiger partial charge is 0.0991 e. The van der Waals surface area contributed by atoms with Crippen LogP contribution in [-0.4, -0.2) is 0 Å². The molecule has 0 bridgehead atoms. The van der Waals surface area contributed by atoms with E-state index in [0.717, 1.165) is 6.42 Å². The molecule has 0 aromatic heterocycles. The molecule has 0 atom stereocenters. The molecule has 0 nitrogen and oxygen atoms in total. The topological polar surface area (TPSA) is 0 Å². The first-order valence-electron chi connectivity index (χ1n) is 5.28. The van der Waals surface area contributed by atoms with E-state index in [0.29, 0.717) is 0 Å². The van der Waals surface area contributed by atoms with Crippen LogP contribution in [0.25, 0.3) is 0 Å². The van der Waals surface area contributed by atoms with Crippen LogP contribution in [0, 0.1) is 0 Å². The molecule has 0 aromatic rings. The molecule has 0 fully saturated rings. The van der Waals surface area contributed by atoms with Gasteiger partial charge < -0.3 is 0 Å². The first-order chi connectivity index (χ1) is 6.31. The van der Waals surface area contributed by atoms with Gasteiger partial charge in [-0.1, -0.05) is 70.6 Å². The third-order valence-electron chi connectivity index (χ3n) is 1.57. The van der Waals surface area contributed by atoms with Crippen LogP contribution in [0.15, 0.2) is 37.0 Å². The molecule has 0 saturated carbocycles. The van der Waals surface area contributed by atoms with E-state index in [1.165, 1.54) is 24.8 Å². The summed E-state index contributed by atoms with van der Waals surface area (Å²) in [5, 5.41) is 0. The molecule has 0 N–H and O–H groups in total. The predicted molar refractivity (Wildman–Crippen MR) is 64.0 cm³/mol. The standard InChI is InChI=1S/C11H18.C2H6/c1-4-6-8-10-11(3)9-7-5-2;1-2/h5,7,9H,2-4,6,8,10H2,1H3;1-2H3/b9-7-;. The van der Waals surface area contributed by atoms with Gasteiger partial charge in [-0.05, 0) is 12.8 Å². The van der Waals surface area contributed by atoms with E-state index in [-0.39, 0.29) is 0 Å². The summed E-state index contributed by atoms with van der Waals surface area (Å²) in [6.45, 7) is 13.7. The third kappa shape index (κ3) is 14.1. The Balaban J connectivity index is 0. The fourth-order valence-corrected chi connectivity index (χ4v) is 0.890. The molecule has 0 aromatic carbocycles. The maximum Gasteiger partial charge on any atom is -0.0285 e. The van der Waals surface area contributed by atoms with E-state index in [1.54, 1.807) is 6.08 Å². The van der Waals surface area contributed by atoms with Gasteiger partial charge in [0.15, 0.2) is 0 Å². The molecule has 0 aliphatic rings. The lowest BCUT2D eigenvalue weighted by molar-refractivity contribution is 0.720. The summed E-state index contributed by atoms with van der Waals surface area (Å²) in [4.78, 5) is 0. The van der Waals surface area contributed by atoms with Crippen LogP contribution in [0.2, 0.25) is 0 Å². The number of unbranched alkanes of at least 4 members (excludes halogenated alkanes) is 2. The Hall–Kier alpha value is -0.780. The highest BCUT2D eigenvalue weighted by atomic mass is 13.9. The summed E-state index contributed by atoms with van der Waals surface area (Å²) in [6, 6.07) is 0. The maximum absolute atomic E-state index is 3.93. The van der Waals surface area contributed by atoms with Gasteiger partial charge in [0.05, 0.1) is 0 Å². The molecule has 0 heterocycles. The van der Waals surface area contributed by atoms with E-state index >= 15 is 0 Å². The van der Waals surface area contributed by atoms with Gasteiger partial charge in [0.25, 0.3) is 0 Å². The van der Waals surface area contributed by atoms with Crippen molar-refractivity contribution in [1.29, 1.82) is 0 Å². The van der Waals surface area contributed by atoms with Crippen LogP contribution < -0.4 is 0 Å². The van der Waals surface area contributed by atoms with E-state index in [4.69, 9.17) is 0 Å². The number of rotatable bonds is 6. The lowest BCUT2D eigenvalue weighted by atomic mass is 10.1. The summed E-state index contributed by atoms with van der Waals surface area (Å²) in [6.07, 6.45) is 10.7. The van der Waals surface area contributed by atoms with Crippen molar-refractivity contribution in [2.24, 2.45) is 0 Å². The Morgan fingerprint density at radius 2 is 1.85 bits per heavy atom. The van der Waals surface area contributed by atoms with Crippen LogP contribution in [0.4, 0.5) is 0 Å². The zero-order chi connectivity index (χ0) is 10.5. The summed E-state index contributed by atoms with van der Waals surface area (Å²) in [5.41, 5.74) is 1.21. The van der Waals surface area contributed by atoms with Gasteiger partial charge >= 0.3 is 0 Å². The van der Waals surface area contributed by atoms with Crippen LogP contribution in [0.3, 0.4) is 0 Å². The minimum atomic E-state index is 1.12. The molecule has 0 rings (SSSR count). The van der Waals surface area contributed by atoms with E-state index in [9.17, 15) is 0 Å². The lowest BCUT2D eigenvalue weighted by Gasteiger charge is -1.97. The maximum atomic E-state index is 3.93. The predicted octanol–water partition coefficient (Wildman–Crippen LogP) is 4.89. The molecule has 0 aliphatic heterocycles. The van der Waals surface area contributed by atoms with Crippen molar-refractivity contribution in [3.63, 3.8) is 0 Å². The highest BCUT2D eigenvalue weighted by Crippen LogP contribution is 2.07. The second-order valence-corrected chi connectivity index (χ2v) is 2.71. The molecule has 0 heteroatoms.